The summed E-state index contributed by atoms with van der Waals surface area (Å²) in [5, 5.41) is 12.0. The molecule has 2 N–H and O–H groups in total. The predicted octanol–water partition coefficient (Wildman–Crippen LogP) is 1.81. The van der Waals surface area contributed by atoms with E-state index in [1.807, 2.05) is 0 Å². The zero-order valence-corrected chi connectivity index (χ0v) is 12.1. The smallest absolute Gasteiger partial charge is 0.319 e. The molecule has 0 bridgehead atoms. The summed E-state index contributed by atoms with van der Waals surface area (Å²) in [6, 6.07) is 0.174. The van der Waals surface area contributed by atoms with E-state index < -0.39 is 17.3 Å². The van der Waals surface area contributed by atoms with Gasteiger partial charge in [-0.2, -0.15) is 0 Å². The van der Waals surface area contributed by atoms with Gasteiger partial charge in [0.15, 0.2) is 0 Å². The summed E-state index contributed by atoms with van der Waals surface area (Å²) in [6.45, 7) is 6.59. The molecule has 1 rings (SSSR count). The van der Waals surface area contributed by atoms with Gasteiger partial charge in [-0.1, -0.05) is 13.8 Å². The van der Waals surface area contributed by atoms with E-state index in [1.54, 1.807) is 0 Å². The fourth-order valence-electron chi connectivity index (χ4n) is 1.59. The third-order valence-corrected chi connectivity index (χ3v) is 3.47. The molecule has 1 saturated carbocycles. The Bertz CT molecular complexity index is 325. The van der Waals surface area contributed by atoms with Crippen LogP contribution in [0.25, 0.3) is 0 Å². The van der Waals surface area contributed by atoms with Crippen LogP contribution in [-0.4, -0.2) is 36.2 Å². The zero-order chi connectivity index (χ0) is 14.5. The molecule has 0 aromatic heterocycles. The van der Waals surface area contributed by atoms with Gasteiger partial charge in [0.1, 0.15) is 5.41 Å². The Balaban J connectivity index is 2.37. The Hall–Kier alpha value is -1.10. The number of hydrogen-bond donors (Lipinski definition) is 2. The van der Waals surface area contributed by atoms with Crippen molar-refractivity contribution < 1.29 is 19.4 Å². The van der Waals surface area contributed by atoms with E-state index in [4.69, 9.17) is 4.74 Å². The summed E-state index contributed by atoms with van der Waals surface area (Å²) >= 11 is 0. The monoisotopic (exact) mass is 271 g/mol. The Labute approximate surface area is 114 Å². The molecule has 0 spiro atoms. The predicted molar refractivity (Wildman–Crippen MR) is 71.8 cm³/mol. The molecular weight excluding hydrogens is 246 g/mol. The number of carboxylic acid groups (broad SMARTS) is 1. The molecule has 0 heterocycles. The van der Waals surface area contributed by atoms with E-state index in [-0.39, 0.29) is 12.5 Å². The molecule has 1 unspecified atom stereocenters. The average Bonchev–Trinajstić information content (AvgIpc) is 3.11. The Kier molecular flexibility index (Phi) is 5.79. The van der Waals surface area contributed by atoms with Gasteiger partial charge in [0, 0.05) is 19.3 Å². The largest absolute Gasteiger partial charge is 0.480 e. The first-order valence-electron chi connectivity index (χ1n) is 6.98. The van der Waals surface area contributed by atoms with Gasteiger partial charge >= 0.3 is 5.97 Å². The molecule has 5 nitrogen and oxygen atoms in total. The SMILES string of the molecule is CC(C)CCOCCC(C)(C(=O)O)C(=O)NC1CC1. The summed E-state index contributed by atoms with van der Waals surface area (Å²) in [5.74, 6) is -0.919. The number of ether oxygens (including phenoxy) is 1. The Morgan fingerprint density at radius 2 is 2.00 bits per heavy atom. The van der Waals surface area contributed by atoms with Crippen LogP contribution in [0.4, 0.5) is 0 Å². The molecule has 110 valence electrons. The van der Waals surface area contributed by atoms with Crippen molar-refractivity contribution in [2.45, 2.75) is 52.5 Å². The normalized spacial score (nSPS) is 18.1. The highest BCUT2D eigenvalue weighted by Gasteiger charge is 2.42. The summed E-state index contributed by atoms with van der Waals surface area (Å²) in [6.07, 6.45) is 3.05. The molecule has 0 saturated heterocycles. The van der Waals surface area contributed by atoms with Gasteiger partial charge in [-0.15, -0.1) is 0 Å². The minimum absolute atomic E-state index is 0.174. The topological polar surface area (TPSA) is 75.6 Å². The second-order valence-electron chi connectivity index (χ2n) is 5.93. The van der Waals surface area contributed by atoms with Gasteiger partial charge in [-0.3, -0.25) is 9.59 Å². The van der Waals surface area contributed by atoms with Crippen LogP contribution in [0.15, 0.2) is 0 Å². The van der Waals surface area contributed by atoms with Crippen molar-refractivity contribution in [2.75, 3.05) is 13.2 Å². The van der Waals surface area contributed by atoms with Crippen molar-refractivity contribution in [3.05, 3.63) is 0 Å². The third-order valence-electron chi connectivity index (χ3n) is 3.47. The summed E-state index contributed by atoms with van der Waals surface area (Å²) < 4.78 is 5.42. The standard InChI is InChI=1S/C14H25NO4/c1-10(2)6-8-19-9-7-14(3,13(17)18)12(16)15-11-4-5-11/h10-11H,4-9H2,1-3H3,(H,15,16)(H,17,18). The lowest BCUT2D eigenvalue weighted by atomic mass is 9.86. The highest BCUT2D eigenvalue weighted by molar-refractivity contribution is 6.01. The first kappa shape index (κ1) is 16.0. The van der Waals surface area contributed by atoms with Crippen LogP contribution in [0.3, 0.4) is 0 Å². The van der Waals surface area contributed by atoms with E-state index in [0.717, 1.165) is 19.3 Å². The molecule has 1 atom stereocenters. The average molecular weight is 271 g/mol. The number of aliphatic carboxylic acids is 1. The number of carboxylic acids is 1. The van der Waals surface area contributed by atoms with E-state index in [2.05, 4.69) is 19.2 Å². The number of amides is 1. The van der Waals surface area contributed by atoms with Crippen molar-refractivity contribution in [1.82, 2.24) is 5.32 Å². The molecular formula is C14H25NO4. The Morgan fingerprint density at radius 3 is 2.47 bits per heavy atom. The molecule has 1 amide bonds. The zero-order valence-electron chi connectivity index (χ0n) is 12.1. The lowest BCUT2D eigenvalue weighted by Crippen LogP contribution is -2.46. The lowest BCUT2D eigenvalue weighted by molar-refractivity contribution is -0.156. The summed E-state index contributed by atoms with van der Waals surface area (Å²) in [5.41, 5.74) is -1.39. The van der Waals surface area contributed by atoms with Crippen LogP contribution in [0, 0.1) is 11.3 Å². The molecule has 0 aromatic carbocycles. The molecule has 1 aliphatic carbocycles. The van der Waals surface area contributed by atoms with Gasteiger partial charge in [-0.25, -0.2) is 0 Å². The maximum atomic E-state index is 12.0. The number of rotatable bonds is 9. The van der Waals surface area contributed by atoms with E-state index >= 15 is 0 Å². The van der Waals surface area contributed by atoms with Gasteiger partial charge in [0.25, 0.3) is 0 Å². The van der Waals surface area contributed by atoms with Crippen LogP contribution in [0.1, 0.15) is 46.5 Å². The number of carbonyl (C=O) groups excluding carboxylic acids is 1. The van der Waals surface area contributed by atoms with Crippen molar-refractivity contribution >= 4 is 11.9 Å². The number of nitrogens with one attached hydrogen (secondary N) is 1. The van der Waals surface area contributed by atoms with E-state index in [9.17, 15) is 14.7 Å². The fraction of sp³-hybridized carbons (Fsp3) is 0.857. The van der Waals surface area contributed by atoms with E-state index in [0.29, 0.717) is 19.1 Å². The maximum absolute atomic E-state index is 12.0. The summed E-state index contributed by atoms with van der Waals surface area (Å²) in [4.78, 5) is 23.3. The minimum Gasteiger partial charge on any atom is -0.480 e. The third kappa shape index (κ3) is 5.19. The molecule has 0 aliphatic heterocycles. The maximum Gasteiger partial charge on any atom is 0.319 e. The summed E-state index contributed by atoms with van der Waals surface area (Å²) in [7, 11) is 0. The van der Waals surface area contributed by atoms with E-state index in [1.165, 1.54) is 6.92 Å². The molecule has 5 heteroatoms. The van der Waals surface area contributed by atoms with Crippen LogP contribution in [0.2, 0.25) is 0 Å². The second kappa shape index (κ2) is 6.89. The van der Waals surface area contributed by atoms with Crippen molar-refractivity contribution in [3.63, 3.8) is 0 Å². The second-order valence-corrected chi connectivity index (χ2v) is 5.93. The molecule has 1 fully saturated rings. The van der Waals surface area contributed by atoms with Gasteiger partial charge in [-0.05, 0) is 38.5 Å². The van der Waals surface area contributed by atoms with Crippen molar-refractivity contribution in [3.8, 4) is 0 Å². The van der Waals surface area contributed by atoms with Gasteiger partial charge < -0.3 is 15.2 Å². The minimum atomic E-state index is -1.39. The van der Waals surface area contributed by atoms with Gasteiger partial charge in [0.2, 0.25) is 5.91 Å². The highest BCUT2D eigenvalue weighted by atomic mass is 16.5. The molecule has 19 heavy (non-hydrogen) atoms. The fourth-order valence-corrected chi connectivity index (χ4v) is 1.59. The first-order valence-corrected chi connectivity index (χ1v) is 6.98. The van der Waals surface area contributed by atoms with Crippen molar-refractivity contribution in [2.24, 2.45) is 11.3 Å². The molecule has 0 aromatic rings. The van der Waals surface area contributed by atoms with Crippen LogP contribution < -0.4 is 5.32 Å². The Morgan fingerprint density at radius 1 is 1.37 bits per heavy atom. The lowest BCUT2D eigenvalue weighted by Gasteiger charge is -2.23. The van der Waals surface area contributed by atoms with Crippen LogP contribution >= 0.6 is 0 Å². The van der Waals surface area contributed by atoms with Crippen LogP contribution in [-0.2, 0) is 14.3 Å². The van der Waals surface area contributed by atoms with Crippen molar-refractivity contribution in [1.29, 1.82) is 0 Å². The first-order chi connectivity index (χ1) is 8.86. The number of carbonyl (C=O) groups is 2. The van der Waals surface area contributed by atoms with Crippen LogP contribution in [0.5, 0.6) is 0 Å². The molecule has 1 aliphatic rings. The number of hydrogen-bond acceptors (Lipinski definition) is 3. The molecule has 0 radical (unpaired) electrons. The van der Waals surface area contributed by atoms with Gasteiger partial charge in [0.05, 0.1) is 0 Å². The highest BCUT2D eigenvalue weighted by Crippen LogP contribution is 2.26. The quantitative estimate of drug-likeness (QED) is 0.495.